The zero-order valence-corrected chi connectivity index (χ0v) is 9.36. The van der Waals surface area contributed by atoms with E-state index in [9.17, 15) is 0 Å². The van der Waals surface area contributed by atoms with Gasteiger partial charge >= 0.3 is 0 Å². The Bertz CT molecular complexity index is 463. The third-order valence-electron chi connectivity index (χ3n) is 2.41. The molecule has 0 spiro atoms. The second-order valence-corrected chi connectivity index (χ2v) is 3.35. The van der Waals surface area contributed by atoms with Gasteiger partial charge in [0.05, 0.1) is 14.2 Å². The van der Waals surface area contributed by atoms with Crippen molar-refractivity contribution in [2.45, 2.75) is 0 Å². The minimum absolute atomic E-state index is 0.708. The molecule has 0 aliphatic rings. The van der Waals surface area contributed by atoms with E-state index >= 15 is 0 Å². The molecule has 0 unspecified atom stereocenters. The van der Waals surface area contributed by atoms with E-state index < -0.39 is 0 Å². The van der Waals surface area contributed by atoms with Crippen LogP contribution in [-0.2, 0) is 0 Å². The van der Waals surface area contributed by atoms with Crippen LogP contribution in [0.15, 0.2) is 42.5 Å². The fourth-order valence-corrected chi connectivity index (χ4v) is 1.59. The van der Waals surface area contributed by atoms with E-state index in [4.69, 9.17) is 9.47 Å². The van der Waals surface area contributed by atoms with Gasteiger partial charge in [-0.1, -0.05) is 30.3 Å². The Labute approximate surface area is 95.4 Å². The number of ether oxygens (including phenoxy) is 2. The summed E-state index contributed by atoms with van der Waals surface area (Å²) in [6.07, 6.45) is 0. The monoisotopic (exact) mass is 213 g/mol. The molecule has 2 nitrogen and oxygen atoms in total. The third-order valence-corrected chi connectivity index (χ3v) is 2.41. The summed E-state index contributed by atoms with van der Waals surface area (Å²) in [4.78, 5) is 0. The van der Waals surface area contributed by atoms with Crippen molar-refractivity contribution in [3.63, 3.8) is 0 Å². The van der Waals surface area contributed by atoms with Crippen LogP contribution in [0.1, 0.15) is 0 Å². The third kappa shape index (κ3) is 2.01. The standard InChI is InChI=1S/C14H13O2/c1-15-12-8-9-14(16-2)13(10-12)11-6-4-3-5-7-11/h3-7,9-10H,1-2H3. The topological polar surface area (TPSA) is 18.5 Å². The quantitative estimate of drug-likeness (QED) is 0.779. The van der Waals surface area contributed by atoms with Crippen LogP contribution in [0.2, 0.25) is 0 Å². The molecule has 2 rings (SSSR count). The number of benzene rings is 2. The molecule has 2 aromatic carbocycles. The predicted octanol–water partition coefficient (Wildman–Crippen LogP) is 3.17. The highest BCUT2D eigenvalue weighted by Gasteiger charge is 2.06. The molecule has 0 saturated carbocycles. The fraction of sp³-hybridized carbons (Fsp3) is 0.143. The molecule has 0 atom stereocenters. The van der Waals surface area contributed by atoms with E-state index in [1.165, 1.54) is 0 Å². The highest BCUT2D eigenvalue weighted by atomic mass is 16.5. The molecular weight excluding hydrogens is 200 g/mol. The molecule has 0 saturated heterocycles. The van der Waals surface area contributed by atoms with Crippen molar-refractivity contribution in [1.29, 1.82) is 0 Å². The lowest BCUT2D eigenvalue weighted by Crippen LogP contribution is -1.90. The van der Waals surface area contributed by atoms with E-state index in [0.29, 0.717) is 5.75 Å². The first-order valence-corrected chi connectivity index (χ1v) is 5.04. The first-order chi connectivity index (χ1) is 7.85. The Kier molecular flexibility index (Phi) is 3.10. The first kappa shape index (κ1) is 10.6. The average molecular weight is 213 g/mol. The Hall–Kier alpha value is -1.96. The van der Waals surface area contributed by atoms with Crippen molar-refractivity contribution >= 4 is 0 Å². The Morgan fingerprint density at radius 1 is 1.00 bits per heavy atom. The molecule has 0 N–H and O–H groups in total. The first-order valence-electron chi connectivity index (χ1n) is 5.04. The number of hydrogen-bond acceptors (Lipinski definition) is 2. The number of rotatable bonds is 3. The Balaban J connectivity index is 2.53. The van der Waals surface area contributed by atoms with Gasteiger partial charge < -0.3 is 9.47 Å². The minimum atomic E-state index is 0.708. The molecule has 0 aliphatic carbocycles. The Morgan fingerprint density at radius 3 is 2.38 bits per heavy atom. The zero-order chi connectivity index (χ0) is 11.4. The molecule has 0 bridgehead atoms. The highest BCUT2D eigenvalue weighted by molar-refractivity contribution is 5.71. The van der Waals surface area contributed by atoms with Gasteiger partial charge in [-0.25, -0.2) is 0 Å². The van der Waals surface area contributed by atoms with Crippen LogP contribution in [0.3, 0.4) is 0 Å². The van der Waals surface area contributed by atoms with E-state index in [1.54, 1.807) is 20.3 Å². The fourth-order valence-electron chi connectivity index (χ4n) is 1.59. The molecule has 0 aliphatic heterocycles. The molecule has 16 heavy (non-hydrogen) atoms. The summed E-state index contributed by atoms with van der Waals surface area (Å²) in [5, 5.41) is 0. The van der Waals surface area contributed by atoms with Gasteiger partial charge in [0.15, 0.2) is 0 Å². The van der Waals surface area contributed by atoms with Crippen LogP contribution in [-0.4, -0.2) is 14.2 Å². The van der Waals surface area contributed by atoms with Gasteiger partial charge in [0.25, 0.3) is 0 Å². The van der Waals surface area contributed by atoms with Crippen molar-refractivity contribution in [1.82, 2.24) is 0 Å². The minimum Gasteiger partial charge on any atom is -0.496 e. The van der Waals surface area contributed by atoms with Gasteiger partial charge in [-0.3, -0.25) is 0 Å². The van der Waals surface area contributed by atoms with Crippen molar-refractivity contribution in [2.24, 2.45) is 0 Å². The summed E-state index contributed by atoms with van der Waals surface area (Å²) in [6, 6.07) is 16.8. The summed E-state index contributed by atoms with van der Waals surface area (Å²) in [5.74, 6) is 1.51. The van der Waals surface area contributed by atoms with Crippen LogP contribution >= 0.6 is 0 Å². The SMILES string of the molecule is COc1[c]cc(OC)c(-c2ccccc2)c1. The summed E-state index contributed by atoms with van der Waals surface area (Å²) in [7, 11) is 3.29. The lowest BCUT2D eigenvalue weighted by molar-refractivity contribution is 0.403. The highest BCUT2D eigenvalue weighted by Crippen LogP contribution is 2.32. The van der Waals surface area contributed by atoms with E-state index in [-0.39, 0.29) is 0 Å². The number of methoxy groups -OCH3 is 2. The maximum atomic E-state index is 5.31. The second-order valence-electron chi connectivity index (χ2n) is 3.35. The van der Waals surface area contributed by atoms with E-state index in [0.717, 1.165) is 16.9 Å². The van der Waals surface area contributed by atoms with Gasteiger partial charge in [-0.15, -0.1) is 0 Å². The normalized spacial score (nSPS) is 9.88. The van der Waals surface area contributed by atoms with Crippen molar-refractivity contribution < 1.29 is 9.47 Å². The van der Waals surface area contributed by atoms with Gasteiger partial charge in [-0.2, -0.15) is 0 Å². The maximum Gasteiger partial charge on any atom is 0.127 e. The largest absolute Gasteiger partial charge is 0.496 e. The van der Waals surface area contributed by atoms with Gasteiger partial charge in [0.2, 0.25) is 0 Å². The number of hydrogen-bond donors (Lipinski definition) is 0. The molecule has 0 fully saturated rings. The average Bonchev–Trinajstić information content (AvgIpc) is 2.39. The van der Waals surface area contributed by atoms with Crippen LogP contribution in [0.4, 0.5) is 0 Å². The van der Waals surface area contributed by atoms with Crippen molar-refractivity contribution in [2.75, 3.05) is 14.2 Å². The van der Waals surface area contributed by atoms with E-state index in [1.807, 2.05) is 36.4 Å². The molecule has 0 heterocycles. The smallest absolute Gasteiger partial charge is 0.127 e. The molecular formula is C14H13O2. The van der Waals surface area contributed by atoms with Crippen molar-refractivity contribution in [3.05, 3.63) is 48.5 Å². The molecule has 0 aromatic heterocycles. The molecule has 2 aromatic rings. The summed E-state index contributed by atoms with van der Waals surface area (Å²) >= 11 is 0. The predicted molar refractivity (Wildman–Crippen MR) is 63.8 cm³/mol. The van der Waals surface area contributed by atoms with Crippen LogP contribution in [0.25, 0.3) is 11.1 Å². The van der Waals surface area contributed by atoms with Gasteiger partial charge in [0, 0.05) is 11.6 Å². The van der Waals surface area contributed by atoms with Crippen LogP contribution < -0.4 is 9.47 Å². The summed E-state index contributed by atoms with van der Waals surface area (Å²) in [5.41, 5.74) is 2.12. The molecule has 2 heteroatoms. The lowest BCUT2D eigenvalue weighted by Gasteiger charge is -2.10. The summed E-state index contributed by atoms with van der Waals surface area (Å²) in [6.45, 7) is 0. The van der Waals surface area contributed by atoms with Gasteiger partial charge in [0.1, 0.15) is 11.5 Å². The Morgan fingerprint density at radius 2 is 1.75 bits per heavy atom. The second kappa shape index (κ2) is 4.71. The lowest BCUT2D eigenvalue weighted by atomic mass is 10.0. The van der Waals surface area contributed by atoms with Crippen molar-refractivity contribution in [3.8, 4) is 22.6 Å². The molecule has 81 valence electrons. The van der Waals surface area contributed by atoms with Gasteiger partial charge in [-0.05, 0) is 17.7 Å². The van der Waals surface area contributed by atoms with Crippen LogP contribution in [0, 0.1) is 6.07 Å². The molecule has 1 radical (unpaired) electrons. The van der Waals surface area contributed by atoms with E-state index in [2.05, 4.69) is 6.07 Å². The maximum absolute atomic E-state index is 5.31. The van der Waals surface area contributed by atoms with Crippen LogP contribution in [0.5, 0.6) is 11.5 Å². The zero-order valence-electron chi connectivity index (χ0n) is 9.36. The molecule has 0 amide bonds. The summed E-state index contributed by atoms with van der Waals surface area (Å²) < 4.78 is 10.5.